The number of carbonyl (C=O) groups is 1. The van der Waals surface area contributed by atoms with Gasteiger partial charge in [0.1, 0.15) is 6.10 Å². The Bertz CT molecular complexity index is 517. The summed E-state index contributed by atoms with van der Waals surface area (Å²) in [5, 5.41) is 0. The molecule has 120 valence electrons. The van der Waals surface area contributed by atoms with Gasteiger partial charge in [-0.25, -0.2) is 9.97 Å². The highest BCUT2D eigenvalue weighted by atomic mass is 16.5. The van der Waals surface area contributed by atoms with Crippen LogP contribution in [0.4, 0.5) is 0 Å². The fourth-order valence-corrected chi connectivity index (χ4v) is 3.11. The number of hydrogen-bond acceptors (Lipinski definition) is 5. The monoisotopic (exact) mass is 304 g/mol. The summed E-state index contributed by atoms with van der Waals surface area (Å²) in [4.78, 5) is 24.8. The van der Waals surface area contributed by atoms with Gasteiger partial charge in [0.25, 0.3) is 0 Å². The number of ether oxygens (including phenoxy) is 1. The largest absolute Gasteiger partial charge is 0.370 e. The van der Waals surface area contributed by atoms with E-state index >= 15 is 0 Å². The fraction of sp³-hybridized carbons (Fsp3) is 0.688. The second-order valence-corrected chi connectivity index (χ2v) is 6.04. The first-order valence-corrected chi connectivity index (χ1v) is 8.13. The van der Waals surface area contributed by atoms with Crippen molar-refractivity contribution in [3.05, 3.63) is 23.8 Å². The van der Waals surface area contributed by atoms with Crippen LogP contribution >= 0.6 is 0 Å². The van der Waals surface area contributed by atoms with Crippen LogP contribution in [0.15, 0.2) is 12.3 Å². The highest BCUT2D eigenvalue weighted by Gasteiger charge is 2.21. The van der Waals surface area contributed by atoms with Gasteiger partial charge in [-0.3, -0.25) is 9.69 Å². The van der Waals surface area contributed by atoms with Gasteiger partial charge in [0.15, 0.2) is 5.82 Å². The maximum Gasteiger partial charge on any atom is 0.219 e. The molecular formula is C16H24N4O2. The van der Waals surface area contributed by atoms with E-state index in [9.17, 15) is 4.79 Å². The standard InChI is InChI=1S/C16H24N4O2/c1-13(21)20-8-3-7-19(9-10-20)12-14-5-6-17-16(18-14)15-4-2-11-22-15/h5-6,15H,2-4,7-12H2,1H3/t15-/m0/s1. The zero-order valence-corrected chi connectivity index (χ0v) is 13.2. The Kier molecular flexibility index (Phi) is 5.00. The second kappa shape index (κ2) is 7.15. The van der Waals surface area contributed by atoms with Crippen LogP contribution < -0.4 is 0 Å². The van der Waals surface area contributed by atoms with E-state index in [0.717, 1.165) is 70.1 Å². The minimum atomic E-state index is 0.0669. The molecule has 0 N–H and O–H groups in total. The number of rotatable bonds is 3. The number of nitrogens with zero attached hydrogens (tertiary/aromatic N) is 4. The zero-order chi connectivity index (χ0) is 15.4. The molecule has 3 heterocycles. The van der Waals surface area contributed by atoms with Crippen molar-refractivity contribution in [2.45, 2.75) is 38.8 Å². The molecule has 0 radical (unpaired) electrons. The Balaban J connectivity index is 1.60. The van der Waals surface area contributed by atoms with Crippen molar-refractivity contribution in [3.8, 4) is 0 Å². The molecule has 2 fully saturated rings. The maximum atomic E-state index is 11.5. The third kappa shape index (κ3) is 3.81. The predicted molar refractivity (Wildman–Crippen MR) is 82.1 cm³/mol. The van der Waals surface area contributed by atoms with Gasteiger partial charge >= 0.3 is 0 Å². The van der Waals surface area contributed by atoms with Crippen LogP contribution in [-0.2, 0) is 16.1 Å². The highest BCUT2D eigenvalue weighted by molar-refractivity contribution is 5.73. The van der Waals surface area contributed by atoms with Gasteiger partial charge in [-0.2, -0.15) is 0 Å². The normalized spacial score (nSPS) is 23.5. The average molecular weight is 304 g/mol. The molecule has 2 aliphatic rings. The van der Waals surface area contributed by atoms with Crippen molar-refractivity contribution < 1.29 is 9.53 Å². The van der Waals surface area contributed by atoms with Crippen LogP contribution in [-0.4, -0.2) is 58.5 Å². The van der Waals surface area contributed by atoms with Crippen LogP contribution in [0.1, 0.15) is 43.8 Å². The van der Waals surface area contributed by atoms with E-state index < -0.39 is 0 Å². The number of carbonyl (C=O) groups excluding carboxylic acids is 1. The molecule has 1 aromatic heterocycles. The SMILES string of the molecule is CC(=O)N1CCCN(Cc2ccnc([C@@H]3CCCO3)n2)CC1. The van der Waals surface area contributed by atoms with Crippen molar-refractivity contribution in [2.24, 2.45) is 0 Å². The van der Waals surface area contributed by atoms with Crippen LogP contribution in [0, 0.1) is 0 Å². The van der Waals surface area contributed by atoms with Crippen molar-refractivity contribution >= 4 is 5.91 Å². The molecule has 3 rings (SSSR count). The molecule has 0 aromatic carbocycles. The lowest BCUT2D eigenvalue weighted by Gasteiger charge is -2.21. The quantitative estimate of drug-likeness (QED) is 0.844. The summed E-state index contributed by atoms with van der Waals surface area (Å²) >= 11 is 0. The maximum absolute atomic E-state index is 11.5. The Morgan fingerprint density at radius 2 is 2.23 bits per heavy atom. The first kappa shape index (κ1) is 15.4. The molecule has 0 spiro atoms. The highest BCUT2D eigenvalue weighted by Crippen LogP contribution is 2.25. The van der Waals surface area contributed by atoms with Gasteiger partial charge in [0.05, 0.1) is 5.69 Å². The molecule has 0 bridgehead atoms. The average Bonchev–Trinajstić information content (AvgIpc) is 2.95. The van der Waals surface area contributed by atoms with E-state index in [1.165, 1.54) is 0 Å². The lowest BCUT2D eigenvalue weighted by atomic mass is 10.2. The van der Waals surface area contributed by atoms with Crippen molar-refractivity contribution in [1.82, 2.24) is 19.8 Å². The van der Waals surface area contributed by atoms with Gasteiger partial charge < -0.3 is 9.64 Å². The Hall–Kier alpha value is -1.53. The molecule has 6 heteroatoms. The predicted octanol–water partition coefficient (Wildman–Crippen LogP) is 1.38. The topological polar surface area (TPSA) is 58.6 Å². The van der Waals surface area contributed by atoms with Crippen molar-refractivity contribution in [1.29, 1.82) is 0 Å². The summed E-state index contributed by atoms with van der Waals surface area (Å²) in [6, 6.07) is 1.98. The first-order valence-electron chi connectivity index (χ1n) is 8.13. The van der Waals surface area contributed by atoms with Crippen LogP contribution in [0.3, 0.4) is 0 Å². The van der Waals surface area contributed by atoms with Crippen LogP contribution in [0.5, 0.6) is 0 Å². The molecule has 1 amide bonds. The third-order valence-electron chi connectivity index (χ3n) is 4.37. The van der Waals surface area contributed by atoms with E-state index in [2.05, 4.69) is 14.9 Å². The summed E-state index contributed by atoms with van der Waals surface area (Å²) in [5.41, 5.74) is 1.04. The van der Waals surface area contributed by atoms with E-state index in [0.29, 0.717) is 0 Å². The van der Waals surface area contributed by atoms with E-state index in [1.54, 1.807) is 6.92 Å². The third-order valence-corrected chi connectivity index (χ3v) is 4.37. The molecule has 6 nitrogen and oxygen atoms in total. The van der Waals surface area contributed by atoms with E-state index in [4.69, 9.17) is 4.74 Å². The van der Waals surface area contributed by atoms with Crippen molar-refractivity contribution in [2.75, 3.05) is 32.8 Å². The van der Waals surface area contributed by atoms with Crippen LogP contribution in [0.25, 0.3) is 0 Å². The smallest absolute Gasteiger partial charge is 0.219 e. The lowest BCUT2D eigenvalue weighted by Crippen LogP contribution is -2.33. The number of amides is 1. The Labute approximate surface area is 131 Å². The van der Waals surface area contributed by atoms with E-state index in [1.807, 2.05) is 17.2 Å². The first-order chi connectivity index (χ1) is 10.7. The molecule has 1 aromatic rings. The van der Waals surface area contributed by atoms with Crippen molar-refractivity contribution in [3.63, 3.8) is 0 Å². The second-order valence-electron chi connectivity index (χ2n) is 6.04. The van der Waals surface area contributed by atoms with Gasteiger partial charge in [-0.1, -0.05) is 0 Å². The molecule has 0 aliphatic carbocycles. The summed E-state index contributed by atoms with van der Waals surface area (Å²) < 4.78 is 5.66. The Morgan fingerprint density at radius 1 is 1.32 bits per heavy atom. The van der Waals surface area contributed by atoms with Gasteiger partial charge in [0.2, 0.25) is 5.91 Å². The van der Waals surface area contributed by atoms with Crippen LogP contribution in [0.2, 0.25) is 0 Å². The fourth-order valence-electron chi connectivity index (χ4n) is 3.11. The molecule has 2 saturated heterocycles. The van der Waals surface area contributed by atoms with Gasteiger partial charge in [-0.05, 0) is 25.3 Å². The molecular weight excluding hydrogens is 280 g/mol. The van der Waals surface area contributed by atoms with E-state index in [-0.39, 0.29) is 12.0 Å². The molecule has 2 aliphatic heterocycles. The summed E-state index contributed by atoms with van der Waals surface area (Å²) in [6.07, 6.45) is 5.02. The molecule has 1 atom stereocenters. The molecule has 0 saturated carbocycles. The Morgan fingerprint density at radius 3 is 3.00 bits per heavy atom. The van der Waals surface area contributed by atoms with Gasteiger partial charge in [0, 0.05) is 52.5 Å². The number of aromatic nitrogens is 2. The summed E-state index contributed by atoms with van der Waals surface area (Å²) in [6.45, 7) is 6.84. The number of hydrogen-bond donors (Lipinski definition) is 0. The lowest BCUT2D eigenvalue weighted by molar-refractivity contribution is -0.128. The minimum absolute atomic E-state index is 0.0669. The zero-order valence-electron chi connectivity index (χ0n) is 13.2. The van der Waals surface area contributed by atoms with Gasteiger partial charge in [-0.15, -0.1) is 0 Å². The minimum Gasteiger partial charge on any atom is -0.370 e. The summed E-state index contributed by atoms with van der Waals surface area (Å²) in [5.74, 6) is 0.986. The molecule has 22 heavy (non-hydrogen) atoms. The molecule has 0 unspecified atom stereocenters. The summed E-state index contributed by atoms with van der Waals surface area (Å²) in [7, 11) is 0.